The molecule has 0 bridgehead atoms. The molecule has 0 atom stereocenters. The average Bonchev–Trinajstić information content (AvgIpc) is 2.86. The Labute approximate surface area is 154 Å². The largest absolute Gasteiger partial charge is 0.494 e. The number of aryl methyl sites for hydroxylation is 1. The fourth-order valence-electron chi connectivity index (χ4n) is 2.68. The fourth-order valence-corrected chi connectivity index (χ4v) is 2.68. The molecule has 2 aromatic rings. The summed E-state index contributed by atoms with van der Waals surface area (Å²) < 4.78 is 17.0. The van der Waals surface area contributed by atoms with Crippen LogP contribution in [-0.2, 0) is 6.54 Å². The lowest BCUT2D eigenvalue weighted by Gasteiger charge is -2.12. The summed E-state index contributed by atoms with van der Waals surface area (Å²) in [4.78, 5) is 4.42. The van der Waals surface area contributed by atoms with Crippen molar-refractivity contribution in [1.29, 1.82) is 0 Å². The number of rotatable bonds is 5. The Hall–Kier alpha value is -2.89. The molecular weight excluding hydrogens is 330 g/mol. The van der Waals surface area contributed by atoms with Crippen molar-refractivity contribution >= 4 is 11.6 Å². The number of nitrogens with zero attached hydrogens (tertiary/aromatic N) is 1. The van der Waals surface area contributed by atoms with Gasteiger partial charge in [0.2, 0.25) is 0 Å². The Bertz CT molecular complexity index is 790. The topological polar surface area (TPSA) is 78.1 Å². The van der Waals surface area contributed by atoms with E-state index in [1.807, 2.05) is 50.2 Å². The maximum absolute atomic E-state index is 6.04. The zero-order valence-corrected chi connectivity index (χ0v) is 15.2. The van der Waals surface area contributed by atoms with Crippen LogP contribution in [0.3, 0.4) is 0 Å². The van der Waals surface area contributed by atoms with E-state index in [1.165, 1.54) is 0 Å². The summed E-state index contributed by atoms with van der Waals surface area (Å²) >= 11 is 0. The van der Waals surface area contributed by atoms with Crippen molar-refractivity contribution in [2.45, 2.75) is 26.8 Å². The molecule has 2 aromatic carbocycles. The molecule has 0 amide bonds. The van der Waals surface area contributed by atoms with E-state index < -0.39 is 0 Å². The number of benzene rings is 2. The second-order valence-corrected chi connectivity index (χ2v) is 6.08. The third-order valence-electron chi connectivity index (χ3n) is 3.96. The maximum atomic E-state index is 6.04. The summed E-state index contributed by atoms with van der Waals surface area (Å²) in [7, 11) is 0. The maximum Gasteiger partial charge on any atom is 0.193 e. The van der Waals surface area contributed by atoms with Crippen molar-refractivity contribution in [2.75, 3.05) is 25.1 Å². The van der Waals surface area contributed by atoms with Crippen LogP contribution in [0, 0.1) is 6.92 Å². The van der Waals surface area contributed by atoms with E-state index in [1.54, 1.807) is 0 Å². The summed E-state index contributed by atoms with van der Waals surface area (Å²) in [5.41, 5.74) is 9.00. The molecule has 6 heteroatoms. The van der Waals surface area contributed by atoms with Gasteiger partial charge in [0.25, 0.3) is 0 Å². The number of nitrogens with one attached hydrogen (secondary N) is 1. The molecule has 1 aliphatic heterocycles. The first-order valence-electron chi connectivity index (χ1n) is 8.84. The average molecular weight is 355 g/mol. The van der Waals surface area contributed by atoms with Crippen LogP contribution in [0.1, 0.15) is 24.5 Å². The van der Waals surface area contributed by atoms with Crippen molar-refractivity contribution in [2.24, 2.45) is 10.7 Å². The summed E-state index contributed by atoms with van der Waals surface area (Å²) in [6.45, 7) is 6.38. The van der Waals surface area contributed by atoms with E-state index in [-0.39, 0.29) is 0 Å². The normalized spacial score (nSPS) is 13.8. The molecule has 0 radical (unpaired) electrons. The lowest BCUT2D eigenvalue weighted by molar-refractivity contribution is 0.297. The SMILES string of the molecule is CCOc1cc(C)ccc1CN=C(N)Nc1ccc2c(c1)OCCCO2. The van der Waals surface area contributed by atoms with Crippen molar-refractivity contribution in [1.82, 2.24) is 0 Å². The Morgan fingerprint density at radius 1 is 1.15 bits per heavy atom. The number of guanidine groups is 1. The third kappa shape index (κ3) is 4.59. The number of fused-ring (bicyclic) bond motifs is 1. The molecule has 0 aromatic heterocycles. The molecule has 0 saturated heterocycles. The van der Waals surface area contributed by atoms with Gasteiger partial charge in [-0.2, -0.15) is 0 Å². The summed E-state index contributed by atoms with van der Waals surface area (Å²) in [5, 5.41) is 3.10. The minimum absolute atomic E-state index is 0.336. The van der Waals surface area contributed by atoms with Crippen molar-refractivity contribution in [3.63, 3.8) is 0 Å². The highest BCUT2D eigenvalue weighted by atomic mass is 16.5. The Morgan fingerprint density at radius 2 is 1.96 bits per heavy atom. The molecule has 26 heavy (non-hydrogen) atoms. The predicted molar refractivity (Wildman–Crippen MR) is 103 cm³/mol. The first-order valence-corrected chi connectivity index (χ1v) is 8.84. The zero-order chi connectivity index (χ0) is 18.4. The van der Waals surface area contributed by atoms with E-state index in [0.717, 1.165) is 40.5 Å². The second-order valence-electron chi connectivity index (χ2n) is 6.08. The van der Waals surface area contributed by atoms with Crippen LogP contribution in [0.15, 0.2) is 41.4 Å². The predicted octanol–water partition coefficient (Wildman–Crippen LogP) is 3.48. The number of nitrogens with two attached hydrogens (primary N) is 1. The molecule has 3 rings (SSSR count). The quantitative estimate of drug-likeness (QED) is 0.634. The summed E-state index contributed by atoms with van der Waals surface area (Å²) in [5.74, 6) is 2.66. The lowest BCUT2D eigenvalue weighted by Crippen LogP contribution is -2.22. The van der Waals surface area contributed by atoms with Gasteiger partial charge in [-0.05, 0) is 37.6 Å². The second kappa shape index (κ2) is 8.47. The molecule has 0 saturated carbocycles. The van der Waals surface area contributed by atoms with Gasteiger partial charge in [0.1, 0.15) is 5.75 Å². The minimum atomic E-state index is 0.336. The van der Waals surface area contributed by atoms with E-state index in [4.69, 9.17) is 19.9 Å². The van der Waals surface area contributed by atoms with Gasteiger partial charge < -0.3 is 25.3 Å². The molecule has 0 unspecified atom stereocenters. The molecule has 138 valence electrons. The van der Waals surface area contributed by atoms with E-state index >= 15 is 0 Å². The van der Waals surface area contributed by atoms with Crippen LogP contribution in [0.4, 0.5) is 5.69 Å². The number of hydrogen-bond acceptors (Lipinski definition) is 4. The van der Waals surface area contributed by atoms with Crippen LogP contribution < -0.4 is 25.3 Å². The standard InChI is InChI=1S/C20H25N3O3/c1-3-24-18-11-14(2)5-6-15(18)13-22-20(21)23-16-7-8-17-19(12-16)26-10-4-9-25-17/h5-8,11-12H,3-4,9-10,13H2,1-2H3,(H3,21,22,23). The van der Waals surface area contributed by atoms with Crippen LogP contribution in [-0.4, -0.2) is 25.8 Å². The highest BCUT2D eigenvalue weighted by Gasteiger charge is 2.11. The number of hydrogen-bond donors (Lipinski definition) is 2. The molecular formula is C20H25N3O3. The Morgan fingerprint density at radius 3 is 2.77 bits per heavy atom. The van der Waals surface area contributed by atoms with Gasteiger partial charge >= 0.3 is 0 Å². The number of anilines is 1. The monoisotopic (exact) mass is 355 g/mol. The zero-order valence-electron chi connectivity index (χ0n) is 15.2. The molecule has 3 N–H and O–H groups in total. The summed E-state index contributed by atoms with van der Waals surface area (Å²) in [6, 6.07) is 11.7. The van der Waals surface area contributed by atoms with Crippen LogP contribution >= 0.6 is 0 Å². The number of aliphatic imine (C=N–C) groups is 1. The van der Waals surface area contributed by atoms with E-state index in [9.17, 15) is 0 Å². The molecule has 1 heterocycles. The highest BCUT2D eigenvalue weighted by Crippen LogP contribution is 2.32. The van der Waals surface area contributed by atoms with Gasteiger partial charge in [0.15, 0.2) is 17.5 Å². The Balaban J connectivity index is 1.68. The van der Waals surface area contributed by atoms with E-state index in [0.29, 0.717) is 32.3 Å². The lowest BCUT2D eigenvalue weighted by atomic mass is 10.1. The van der Waals surface area contributed by atoms with Gasteiger partial charge in [0, 0.05) is 23.7 Å². The van der Waals surface area contributed by atoms with Crippen LogP contribution in [0.25, 0.3) is 0 Å². The van der Waals surface area contributed by atoms with Crippen LogP contribution in [0.2, 0.25) is 0 Å². The molecule has 6 nitrogen and oxygen atoms in total. The van der Waals surface area contributed by atoms with E-state index in [2.05, 4.69) is 10.3 Å². The molecule has 0 aliphatic carbocycles. The van der Waals surface area contributed by atoms with Crippen molar-refractivity contribution in [3.05, 3.63) is 47.5 Å². The fraction of sp³-hybridized carbons (Fsp3) is 0.350. The first kappa shape index (κ1) is 17.9. The minimum Gasteiger partial charge on any atom is -0.494 e. The van der Waals surface area contributed by atoms with Crippen molar-refractivity contribution < 1.29 is 14.2 Å². The van der Waals surface area contributed by atoms with Crippen LogP contribution in [0.5, 0.6) is 17.2 Å². The number of ether oxygens (including phenoxy) is 3. The van der Waals surface area contributed by atoms with Crippen molar-refractivity contribution in [3.8, 4) is 17.2 Å². The van der Waals surface area contributed by atoms with Gasteiger partial charge in [-0.1, -0.05) is 12.1 Å². The van der Waals surface area contributed by atoms with Gasteiger partial charge in [0.05, 0.1) is 26.4 Å². The Kier molecular flexibility index (Phi) is 5.84. The molecule has 0 fully saturated rings. The highest BCUT2D eigenvalue weighted by molar-refractivity contribution is 5.92. The third-order valence-corrected chi connectivity index (χ3v) is 3.96. The first-order chi connectivity index (χ1) is 12.7. The van der Waals surface area contributed by atoms with Gasteiger partial charge in [-0.3, -0.25) is 0 Å². The summed E-state index contributed by atoms with van der Waals surface area (Å²) in [6.07, 6.45) is 0.875. The smallest absolute Gasteiger partial charge is 0.193 e. The van der Waals surface area contributed by atoms with Gasteiger partial charge in [-0.15, -0.1) is 0 Å². The van der Waals surface area contributed by atoms with Gasteiger partial charge in [-0.25, -0.2) is 4.99 Å². The molecule has 0 spiro atoms. The molecule has 1 aliphatic rings.